The summed E-state index contributed by atoms with van der Waals surface area (Å²) in [6.45, 7) is 23.3. The summed E-state index contributed by atoms with van der Waals surface area (Å²) >= 11 is 0. The number of esters is 2. The molecule has 0 radical (unpaired) electrons. The average molecular weight is 912 g/mol. The topological polar surface area (TPSA) is 143 Å². The van der Waals surface area contributed by atoms with Gasteiger partial charge in [-0.15, -0.1) is 22.8 Å². The van der Waals surface area contributed by atoms with Crippen LogP contribution in [0.25, 0.3) is 34.4 Å². The molecule has 2 fully saturated rings. The minimum absolute atomic E-state index is 0. The molecular weight excluding hydrogens is 837 g/mol. The molecule has 11 heteroatoms. The van der Waals surface area contributed by atoms with E-state index in [1.165, 1.54) is 57.6 Å². The van der Waals surface area contributed by atoms with E-state index < -0.39 is 11.9 Å². The molecule has 6 rings (SSSR count). The van der Waals surface area contributed by atoms with E-state index in [9.17, 15) is 19.2 Å². The fraction of sp³-hybridized carbons (Fsp3) is 0.600. The number of Topliss-reactive ketones (excluding diaryl/α,β-unsaturated/α-hetero) is 2. The second-order valence-electron chi connectivity index (χ2n) is 20.2. The third-order valence-corrected chi connectivity index (χ3v) is 14.8. The first-order valence-corrected chi connectivity index (χ1v) is 24.6. The van der Waals surface area contributed by atoms with E-state index in [1.807, 2.05) is 45.1 Å². The molecular formula is C55H74MgN4O6-2. The number of ketones is 2. The molecule has 4 aliphatic rings. The van der Waals surface area contributed by atoms with Gasteiger partial charge < -0.3 is 30.1 Å². The van der Waals surface area contributed by atoms with Crippen molar-refractivity contribution in [1.29, 1.82) is 0 Å². The van der Waals surface area contributed by atoms with Crippen LogP contribution >= 0.6 is 0 Å². The van der Waals surface area contributed by atoms with E-state index in [1.54, 1.807) is 6.92 Å². The molecule has 2 aromatic heterocycles. The third-order valence-electron chi connectivity index (χ3n) is 14.8. The summed E-state index contributed by atoms with van der Waals surface area (Å²) < 4.78 is 11.0. The van der Waals surface area contributed by atoms with Crippen molar-refractivity contribution in [3.8, 4) is 0 Å². The van der Waals surface area contributed by atoms with Crippen LogP contribution in [0.4, 0.5) is 0 Å². The fourth-order valence-corrected chi connectivity index (χ4v) is 10.6. The van der Waals surface area contributed by atoms with Gasteiger partial charge in [0.2, 0.25) is 0 Å². The second-order valence-corrected chi connectivity index (χ2v) is 20.2. The van der Waals surface area contributed by atoms with Gasteiger partial charge in [0.25, 0.3) is 0 Å². The van der Waals surface area contributed by atoms with Crippen LogP contribution in [0.3, 0.4) is 0 Å². The van der Waals surface area contributed by atoms with E-state index in [4.69, 9.17) is 30.1 Å². The van der Waals surface area contributed by atoms with Gasteiger partial charge in [0.15, 0.2) is 11.6 Å². The van der Waals surface area contributed by atoms with Crippen molar-refractivity contribution in [2.24, 2.45) is 47.3 Å². The summed E-state index contributed by atoms with van der Waals surface area (Å²) in [6.07, 6.45) is 20.3. The van der Waals surface area contributed by atoms with E-state index in [2.05, 4.69) is 48.5 Å². The summed E-state index contributed by atoms with van der Waals surface area (Å²) in [7, 11) is 1.28. The number of carbonyl (C=O) groups is 4. The number of hydrogen-bond acceptors (Lipinski definition) is 6. The Kier molecular flexibility index (Phi) is 18.6. The first-order chi connectivity index (χ1) is 30.9. The van der Waals surface area contributed by atoms with Crippen molar-refractivity contribution in [2.45, 2.75) is 153 Å². The maximum absolute atomic E-state index is 14.4. The molecule has 2 aromatic rings. The van der Waals surface area contributed by atoms with Gasteiger partial charge in [0, 0.05) is 17.5 Å². The van der Waals surface area contributed by atoms with Gasteiger partial charge in [-0.05, 0) is 94.5 Å². The van der Waals surface area contributed by atoms with Crippen molar-refractivity contribution < 1.29 is 28.7 Å². The second kappa shape index (κ2) is 23.3. The van der Waals surface area contributed by atoms with Crippen molar-refractivity contribution in [3.05, 3.63) is 90.1 Å². The Morgan fingerprint density at radius 1 is 0.758 bits per heavy atom. The van der Waals surface area contributed by atoms with Gasteiger partial charge in [-0.2, -0.15) is 22.8 Å². The Hall–Kier alpha value is -4.09. The molecule has 3 aliphatic heterocycles. The molecule has 5 heterocycles. The number of fused-ring (bicyclic) bond motifs is 7. The summed E-state index contributed by atoms with van der Waals surface area (Å²) in [4.78, 5) is 64.7. The third kappa shape index (κ3) is 11.8. The van der Waals surface area contributed by atoms with Gasteiger partial charge >= 0.3 is 35.0 Å². The Balaban J connectivity index is 0.00000817. The van der Waals surface area contributed by atoms with E-state index in [-0.39, 0.29) is 77.3 Å². The number of methoxy groups -OCH3 is 1. The molecule has 10 nitrogen and oxygen atoms in total. The molecule has 0 unspecified atom stereocenters. The molecule has 0 amide bonds. The molecule has 8 bridgehead atoms. The molecule has 66 heavy (non-hydrogen) atoms. The van der Waals surface area contributed by atoms with Crippen molar-refractivity contribution in [3.63, 3.8) is 0 Å². The van der Waals surface area contributed by atoms with Gasteiger partial charge in [-0.3, -0.25) is 19.2 Å². The quantitative estimate of drug-likeness (QED) is 0.0420. The average Bonchev–Trinajstić information content (AvgIpc) is 4.00. The number of carbonyl (C=O) groups excluding carboxylic acids is 4. The Morgan fingerprint density at radius 2 is 1.35 bits per heavy atom. The number of allylic oxidation sites excluding steroid dienone is 5. The van der Waals surface area contributed by atoms with Crippen LogP contribution in [0.2, 0.25) is 0 Å². The van der Waals surface area contributed by atoms with Gasteiger partial charge in [0.1, 0.15) is 12.5 Å². The molecule has 7 atom stereocenters. The maximum atomic E-state index is 14.4. The standard InChI is InChI=1S/C55H76N4O6.Mg/c1-13-39-34(7)41-29-46-48(38(11)60)36(9)43(57-46)27-42-35(8)40(52(58-42)50-51(55(63)64-12)54(62)49-37(10)44(59-53(49)50)28-45(39)56-41)23-24-47(61)65-26-25-33(6)22-16-21-32(5)20-15-19-31(4)18-14-17-30(2)3;/h25,27-32,34-35,39-40,51H,13-24,26H2,1-12H3,(H2-2,56,57,58,59,60,62);/q-2;+2/p-2/b33-25+,42-27-,45-28-;/t31-,32-,34+,35-,39+,40-,51+;/m0./s1. The molecule has 0 N–H and O–H groups in total. The molecule has 0 saturated carbocycles. The predicted octanol–water partition coefficient (Wildman–Crippen LogP) is 12.9. The maximum Gasteiger partial charge on any atom is 2.00 e. The Bertz CT molecular complexity index is 2280. The largest absolute Gasteiger partial charge is 2.00 e. The van der Waals surface area contributed by atoms with Crippen molar-refractivity contribution in [2.75, 3.05) is 13.7 Å². The summed E-state index contributed by atoms with van der Waals surface area (Å²) in [5, 5.41) is 10.3. The van der Waals surface area contributed by atoms with Gasteiger partial charge in [0.05, 0.1) is 7.11 Å². The van der Waals surface area contributed by atoms with Crippen LogP contribution in [0.15, 0.2) is 34.4 Å². The minimum atomic E-state index is -1.25. The molecule has 1 aliphatic carbocycles. The number of hydrogen-bond donors (Lipinski definition) is 0. The van der Waals surface area contributed by atoms with Crippen LogP contribution in [0.1, 0.15) is 194 Å². The van der Waals surface area contributed by atoms with Crippen LogP contribution in [-0.4, -0.2) is 60.3 Å². The van der Waals surface area contributed by atoms with Crippen LogP contribution in [0, 0.1) is 61.2 Å². The van der Waals surface area contributed by atoms with E-state index >= 15 is 0 Å². The minimum Gasteiger partial charge on any atom is -0.664 e. The van der Waals surface area contributed by atoms with Crippen LogP contribution in [-0.2, 0) is 19.1 Å². The summed E-state index contributed by atoms with van der Waals surface area (Å²) in [5.74, 6) is -0.869. The molecule has 354 valence electrons. The fourth-order valence-electron chi connectivity index (χ4n) is 10.6. The monoisotopic (exact) mass is 911 g/mol. The smallest absolute Gasteiger partial charge is 0.664 e. The normalized spacial score (nSPS) is 25.5. The predicted molar refractivity (Wildman–Crippen MR) is 266 cm³/mol. The number of aromatic nitrogens is 2. The van der Waals surface area contributed by atoms with Crippen molar-refractivity contribution in [1.82, 2.24) is 9.97 Å². The Morgan fingerprint density at radius 3 is 1.98 bits per heavy atom. The molecule has 0 aromatic carbocycles. The van der Waals surface area contributed by atoms with Gasteiger partial charge in [-0.1, -0.05) is 140 Å². The molecule has 0 spiro atoms. The first kappa shape index (κ1) is 52.9. The number of ether oxygens (including phenoxy) is 2. The zero-order valence-corrected chi connectivity index (χ0v) is 43.5. The van der Waals surface area contributed by atoms with Crippen molar-refractivity contribution >= 4 is 70.4 Å². The number of nitrogens with zero attached hydrogens (tertiary/aromatic N) is 4. The van der Waals surface area contributed by atoms with Crippen LogP contribution < -0.4 is 9.97 Å². The summed E-state index contributed by atoms with van der Waals surface area (Å²) in [5.41, 5.74) is 9.10. The molecule has 2 saturated heterocycles. The van der Waals surface area contributed by atoms with E-state index in [0.717, 1.165) is 48.1 Å². The number of rotatable bonds is 20. The summed E-state index contributed by atoms with van der Waals surface area (Å²) in [6, 6.07) is 0. The van der Waals surface area contributed by atoms with Crippen LogP contribution in [0.5, 0.6) is 0 Å². The van der Waals surface area contributed by atoms with E-state index in [0.29, 0.717) is 68.8 Å². The Labute approximate surface area is 411 Å². The first-order valence-electron chi connectivity index (χ1n) is 24.6. The zero-order valence-electron chi connectivity index (χ0n) is 42.1. The SMILES string of the molecule is CC[C@H]1/C2=C/c3[n-]c4c(c3C)C(=O)[C@H](C(=O)OC)/C4=C3/[N-]/C(=C\c4[n-]c(c(C(C)=O)c4C)/C=C(\[N-]2)[C@@H]1C)[C@@H](C)[C@@H]3CCC(=O)OC/C=C(\C)CCC[C@@H](C)CCC[C@@H](C)CCCC(C)C.[Mg+2]. The zero-order chi connectivity index (χ0) is 47.3. The van der Waals surface area contributed by atoms with Gasteiger partial charge in [-0.25, -0.2) is 0 Å².